The number of terminal acetylenes is 1. The van der Waals surface area contributed by atoms with Gasteiger partial charge in [0.15, 0.2) is 0 Å². The minimum atomic E-state index is -1.15. The average molecular weight is 681 g/mol. The van der Waals surface area contributed by atoms with Gasteiger partial charge in [0.1, 0.15) is 12.1 Å². The maximum Gasteiger partial charge on any atom is 0.243 e. The maximum absolute atomic E-state index is 13.9. The molecule has 3 rings (SSSR count). The summed E-state index contributed by atoms with van der Waals surface area (Å²) in [6.45, 7) is 9.80. The van der Waals surface area contributed by atoms with Gasteiger partial charge in [-0.15, -0.1) is 12.3 Å². The van der Waals surface area contributed by atoms with Crippen molar-refractivity contribution in [2.75, 3.05) is 20.1 Å². The van der Waals surface area contributed by atoms with Crippen LogP contribution < -0.4 is 10.6 Å². The molecule has 0 aromatic heterocycles. The first-order valence-electron chi connectivity index (χ1n) is 18.8. The van der Waals surface area contributed by atoms with Gasteiger partial charge < -0.3 is 25.7 Å². The highest BCUT2D eigenvalue weighted by Crippen LogP contribution is 2.29. The summed E-state index contributed by atoms with van der Waals surface area (Å²) in [6, 6.07) is 8.80. The van der Waals surface area contributed by atoms with Crippen molar-refractivity contribution in [2.45, 2.75) is 148 Å². The zero-order chi connectivity index (χ0) is 35.9. The number of benzene rings is 1. The number of piperidine rings is 1. The van der Waals surface area contributed by atoms with E-state index in [1.165, 1.54) is 12.8 Å². The van der Waals surface area contributed by atoms with Crippen molar-refractivity contribution >= 4 is 17.7 Å². The van der Waals surface area contributed by atoms with Crippen LogP contribution in [0.5, 0.6) is 0 Å². The summed E-state index contributed by atoms with van der Waals surface area (Å²) in [5.74, 6) is 1.28. The predicted molar refractivity (Wildman–Crippen MR) is 195 cm³/mol. The number of hydrogen-bond donors (Lipinski definition) is 4. The van der Waals surface area contributed by atoms with Crippen LogP contribution in [0, 0.1) is 30.1 Å². The van der Waals surface area contributed by atoms with E-state index >= 15 is 0 Å². The Bertz CT molecular complexity index is 1190. The number of amides is 3. The topological polar surface area (TPSA) is 122 Å². The second-order valence-electron chi connectivity index (χ2n) is 15.3. The quantitative estimate of drug-likeness (QED) is 0.167. The number of nitrogens with zero attached hydrogens (tertiary/aromatic N) is 2. The SMILES string of the molecule is C#CC[C@H](NC(=O)[C@@H](CC(=O)N(C)CCN1C(C)CCCC1C)Cc1ccccc1)C(=O)N[C@@H](CC1CCCCC1)[C@@H](O)[C@@H](O)CC(C)C. The molecule has 1 heterocycles. The molecule has 2 aliphatic rings. The molecule has 274 valence electrons. The second kappa shape index (κ2) is 20.7. The van der Waals surface area contributed by atoms with Crippen LogP contribution in [0.2, 0.25) is 0 Å². The van der Waals surface area contributed by atoms with Gasteiger partial charge in [-0.25, -0.2) is 0 Å². The van der Waals surface area contributed by atoms with Gasteiger partial charge in [0.05, 0.1) is 18.1 Å². The molecule has 1 aliphatic heterocycles. The summed E-state index contributed by atoms with van der Waals surface area (Å²) >= 11 is 0. The molecule has 9 heteroatoms. The minimum absolute atomic E-state index is 0.00284. The van der Waals surface area contributed by atoms with Gasteiger partial charge in [0.25, 0.3) is 0 Å². The van der Waals surface area contributed by atoms with E-state index in [4.69, 9.17) is 6.42 Å². The van der Waals surface area contributed by atoms with Crippen LogP contribution in [0.25, 0.3) is 0 Å². The molecular weight excluding hydrogens is 616 g/mol. The molecule has 9 nitrogen and oxygen atoms in total. The third-order valence-electron chi connectivity index (χ3n) is 10.7. The lowest BCUT2D eigenvalue weighted by Gasteiger charge is -2.39. The Balaban J connectivity index is 1.72. The first kappa shape index (κ1) is 40.5. The van der Waals surface area contributed by atoms with Crippen molar-refractivity contribution < 1.29 is 24.6 Å². The van der Waals surface area contributed by atoms with Crippen molar-refractivity contribution in [3.05, 3.63) is 35.9 Å². The Kier molecular flexibility index (Phi) is 17.1. The number of hydrogen-bond acceptors (Lipinski definition) is 6. The van der Waals surface area contributed by atoms with Crippen LogP contribution >= 0.6 is 0 Å². The van der Waals surface area contributed by atoms with Crippen LogP contribution in [0.1, 0.15) is 110 Å². The Morgan fingerprint density at radius 2 is 1.61 bits per heavy atom. The van der Waals surface area contributed by atoms with E-state index in [1.807, 2.05) is 44.2 Å². The van der Waals surface area contributed by atoms with E-state index in [0.717, 1.165) is 50.6 Å². The molecule has 49 heavy (non-hydrogen) atoms. The summed E-state index contributed by atoms with van der Waals surface area (Å²) in [5.41, 5.74) is 0.918. The van der Waals surface area contributed by atoms with E-state index in [2.05, 4.69) is 35.3 Å². The molecule has 2 unspecified atom stereocenters. The van der Waals surface area contributed by atoms with Gasteiger partial charge >= 0.3 is 0 Å². The lowest BCUT2D eigenvalue weighted by atomic mass is 9.82. The number of carbonyl (C=O) groups is 3. The number of likely N-dealkylation sites (tertiary alicyclic amines) is 1. The lowest BCUT2D eigenvalue weighted by molar-refractivity contribution is -0.137. The van der Waals surface area contributed by atoms with Crippen molar-refractivity contribution in [1.29, 1.82) is 0 Å². The van der Waals surface area contributed by atoms with E-state index in [0.29, 0.717) is 43.8 Å². The molecule has 1 aromatic rings. The minimum Gasteiger partial charge on any atom is -0.390 e. The van der Waals surface area contributed by atoms with E-state index in [9.17, 15) is 24.6 Å². The third-order valence-corrected chi connectivity index (χ3v) is 10.7. The highest BCUT2D eigenvalue weighted by Gasteiger charge is 2.34. The molecule has 1 aliphatic carbocycles. The number of aliphatic hydroxyl groups excluding tert-OH is 2. The first-order chi connectivity index (χ1) is 23.4. The monoisotopic (exact) mass is 680 g/mol. The summed E-state index contributed by atoms with van der Waals surface area (Å²) < 4.78 is 0. The molecule has 2 fully saturated rings. The van der Waals surface area contributed by atoms with Gasteiger partial charge in [-0.05, 0) is 63.4 Å². The summed E-state index contributed by atoms with van der Waals surface area (Å²) in [5, 5.41) is 27.9. The van der Waals surface area contributed by atoms with Gasteiger partial charge in [0, 0.05) is 45.1 Å². The van der Waals surface area contributed by atoms with Crippen molar-refractivity contribution in [2.24, 2.45) is 17.8 Å². The van der Waals surface area contributed by atoms with Crippen molar-refractivity contribution in [3.63, 3.8) is 0 Å². The standard InChI is InChI=1S/C40H64N4O5/c1-7-15-34(40(49)42-35(26-32-20-12-9-13-21-32)38(47)36(45)24-28(2)3)41-39(48)33(25-31-18-10-8-11-19-31)27-37(46)43(6)22-23-44-29(4)16-14-17-30(44)5/h1,8,10-11,18-19,28-30,32-36,38,45,47H,9,12-17,20-27H2,2-6H3,(H,41,48)(H,42,49)/t29?,30?,33-,34+,35+,36+,38-/m1/s1. The second-order valence-corrected chi connectivity index (χ2v) is 15.3. The number of carbonyl (C=O) groups excluding carboxylic acids is 3. The molecule has 1 aromatic carbocycles. The van der Waals surface area contributed by atoms with Crippen LogP contribution in [-0.2, 0) is 20.8 Å². The number of rotatable bonds is 18. The zero-order valence-electron chi connectivity index (χ0n) is 30.8. The Morgan fingerprint density at radius 1 is 0.959 bits per heavy atom. The number of likely N-dealkylation sites (N-methyl/N-ethyl adjacent to an activating group) is 1. The van der Waals surface area contributed by atoms with Crippen LogP contribution in [0.15, 0.2) is 30.3 Å². The Hall–Kier alpha value is -2.93. The van der Waals surface area contributed by atoms with Gasteiger partial charge in [-0.3, -0.25) is 19.3 Å². The smallest absolute Gasteiger partial charge is 0.243 e. The molecular formula is C40H64N4O5. The Labute approximate surface area is 296 Å². The normalized spacial score (nSPS) is 21.9. The predicted octanol–water partition coefficient (Wildman–Crippen LogP) is 4.69. The molecule has 0 radical (unpaired) electrons. The number of nitrogens with one attached hydrogen (secondary N) is 2. The van der Waals surface area contributed by atoms with Crippen molar-refractivity contribution in [1.82, 2.24) is 20.4 Å². The third kappa shape index (κ3) is 13.4. The fourth-order valence-corrected chi connectivity index (χ4v) is 7.68. The van der Waals surface area contributed by atoms with Gasteiger partial charge in [-0.2, -0.15) is 0 Å². The van der Waals surface area contributed by atoms with Crippen molar-refractivity contribution in [3.8, 4) is 12.3 Å². The number of aliphatic hydroxyl groups is 2. The fraction of sp³-hybridized carbons (Fsp3) is 0.725. The van der Waals surface area contributed by atoms with E-state index in [-0.39, 0.29) is 24.7 Å². The average Bonchev–Trinajstić information content (AvgIpc) is 3.07. The lowest BCUT2D eigenvalue weighted by Crippen LogP contribution is -2.56. The molecule has 3 amide bonds. The Morgan fingerprint density at radius 3 is 2.22 bits per heavy atom. The molecule has 0 bridgehead atoms. The molecule has 7 atom stereocenters. The largest absolute Gasteiger partial charge is 0.390 e. The summed E-state index contributed by atoms with van der Waals surface area (Å²) in [4.78, 5) is 45.4. The maximum atomic E-state index is 13.9. The van der Waals surface area contributed by atoms with E-state index < -0.39 is 42.0 Å². The highest BCUT2D eigenvalue weighted by atomic mass is 16.3. The molecule has 1 saturated heterocycles. The zero-order valence-corrected chi connectivity index (χ0v) is 30.8. The van der Waals surface area contributed by atoms with Gasteiger partial charge in [-0.1, -0.05) is 82.7 Å². The molecule has 1 saturated carbocycles. The summed E-state index contributed by atoms with van der Waals surface area (Å²) in [6.07, 6.45) is 13.8. The summed E-state index contributed by atoms with van der Waals surface area (Å²) in [7, 11) is 1.79. The fourth-order valence-electron chi connectivity index (χ4n) is 7.68. The van der Waals surface area contributed by atoms with Crippen LogP contribution in [-0.4, -0.2) is 94.2 Å². The highest BCUT2D eigenvalue weighted by molar-refractivity contribution is 5.91. The van der Waals surface area contributed by atoms with Crippen LogP contribution in [0.4, 0.5) is 0 Å². The first-order valence-corrected chi connectivity index (χ1v) is 18.8. The molecule has 4 N–H and O–H groups in total. The molecule has 0 spiro atoms. The van der Waals surface area contributed by atoms with Gasteiger partial charge in [0.2, 0.25) is 17.7 Å². The van der Waals surface area contributed by atoms with E-state index in [1.54, 1.807) is 11.9 Å². The van der Waals surface area contributed by atoms with Crippen LogP contribution in [0.3, 0.4) is 0 Å².